The summed E-state index contributed by atoms with van der Waals surface area (Å²) in [6, 6.07) is 3.22. The Morgan fingerprint density at radius 2 is 0.929 bits per heavy atom. The van der Waals surface area contributed by atoms with Crippen LogP contribution >= 0.6 is 0 Å². The van der Waals surface area contributed by atoms with E-state index in [1.807, 2.05) is 0 Å². The highest BCUT2D eigenvalue weighted by Gasteiger charge is 2.33. The quantitative estimate of drug-likeness (QED) is 0.668. The molecule has 14 heavy (non-hydrogen) atoms. The molecule has 2 heteroatoms. The molecule has 0 bridgehead atoms. The zero-order valence-electron chi connectivity index (χ0n) is 10.8. The van der Waals surface area contributed by atoms with E-state index in [-0.39, 0.29) is 0 Å². The summed E-state index contributed by atoms with van der Waals surface area (Å²) in [4.78, 5) is 10.7. The number of rotatable bonds is 6. The maximum absolute atomic E-state index is 10.7. The lowest BCUT2D eigenvalue weighted by Gasteiger charge is -2.30. The molecule has 0 spiro atoms. The van der Waals surface area contributed by atoms with Crippen LogP contribution in [-0.2, 0) is 0 Å². The van der Waals surface area contributed by atoms with Gasteiger partial charge in [-0.15, -0.1) is 0 Å². The molecular weight excluding hydrogens is 188 g/mol. The highest BCUT2D eigenvalue weighted by molar-refractivity contribution is 6.72. The van der Waals surface area contributed by atoms with Crippen molar-refractivity contribution in [2.24, 2.45) is 17.8 Å². The van der Waals surface area contributed by atoms with Gasteiger partial charge in [-0.3, -0.25) is 0 Å². The molecule has 0 saturated carbocycles. The summed E-state index contributed by atoms with van der Waals surface area (Å²) in [7, 11) is -1.94. The Bertz CT molecular complexity index is 126. The Labute approximate surface area is 91.1 Å². The van der Waals surface area contributed by atoms with Gasteiger partial charge in [-0.05, 0) is 35.9 Å². The minimum absolute atomic E-state index is 0.643. The average Bonchev–Trinajstić information content (AvgIpc) is 1.76. The lowest BCUT2D eigenvalue weighted by molar-refractivity contribution is 0.469. The predicted molar refractivity (Wildman–Crippen MR) is 66.9 cm³/mol. The molecule has 0 aromatic rings. The van der Waals surface area contributed by atoms with Crippen molar-refractivity contribution < 1.29 is 4.80 Å². The highest BCUT2D eigenvalue weighted by Crippen LogP contribution is 2.29. The molecule has 86 valence electrons. The molecule has 0 rings (SSSR count). The average molecular weight is 216 g/mol. The smallest absolute Gasteiger partial charge is 0.189 e. The van der Waals surface area contributed by atoms with E-state index in [0.717, 1.165) is 18.1 Å². The van der Waals surface area contributed by atoms with E-state index in [1.54, 1.807) is 0 Å². The van der Waals surface area contributed by atoms with Crippen LogP contribution in [0.5, 0.6) is 0 Å². The first-order chi connectivity index (χ1) is 6.25. The van der Waals surface area contributed by atoms with Crippen LogP contribution in [0.25, 0.3) is 0 Å². The molecule has 0 aromatic carbocycles. The van der Waals surface area contributed by atoms with Crippen LogP contribution < -0.4 is 0 Å². The topological polar surface area (TPSA) is 20.2 Å². The molecule has 0 amide bonds. The van der Waals surface area contributed by atoms with E-state index in [1.165, 1.54) is 0 Å². The fourth-order valence-corrected chi connectivity index (χ4v) is 7.59. The Hall–Kier alpha value is 0.177. The van der Waals surface area contributed by atoms with Crippen LogP contribution in [0.2, 0.25) is 18.1 Å². The van der Waals surface area contributed by atoms with E-state index in [2.05, 4.69) is 41.5 Å². The summed E-state index contributed by atoms with van der Waals surface area (Å²) in [5.74, 6) is 1.93. The SMILES string of the molecule is CC(C)C[Si](O)(CC(C)C)CC(C)C. The minimum atomic E-state index is -1.94. The molecule has 0 heterocycles. The summed E-state index contributed by atoms with van der Waals surface area (Å²) in [6.45, 7) is 13.3. The molecule has 0 aliphatic heterocycles. The van der Waals surface area contributed by atoms with Crippen molar-refractivity contribution in [3.05, 3.63) is 0 Å². The van der Waals surface area contributed by atoms with Crippen LogP contribution in [0.1, 0.15) is 41.5 Å². The van der Waals surface area contributed by atoms with Crippen molar-refractivity contribution in [2.45, 2.75) is 59.7 Å². The van der Waals surface area contributed by atoms with Crippen LogP contribution in [-0.4, -0.2) is 13.1 Å². The molecule has 1 N–H and O–H groups in total. The van der Waals surface area contributed by atoms with E-state index in [0.29, 0.717) is 17.8 Å². The van der Waals surface area contributed by atoms with Gasteiger partial charge in [0, 0.05) is 0 Å². The molecule has 0 fully saturated rings. The number of hydrogen-bond acceptors (Lipinski definition) is 1. The van der Waals surface area contributed by atoms with Crippen molar-refractivity contribution >= 4 is 8.32 Å². The second-order valence-corrected chi connectivity index (χ2v) is 9.69. The molecule has 0 saturated heterocycles. The lowest BCUT2D eigenvalue weighted by atomic mass is 10.3. The summed E-state index contributed by atoms with van der Waals surface area (Å²) >= 11 is 0. The summed E-state index contributed by atoms with van der Waals surface area (Å²) in [5.41, 5.74) is 0. The second kappa shape index (κ2) is 5.91. The monoisotopic (exact) mass is 216 g/mol. The Kier molecular flexibility index (Phi) is 5.99. The van der Waals surface area contributed by atoms with Gasteiger partial charge in [0.15, 0.2) is 8.32 Å². The van der Waals surface area contributed by atoms with E-state index in [9.17, 15) is 4.80 Å². The number of hydrogen-bond donors (Lipinski definition) is 1. The molecule has 0 atom stereocenters. The third-order valence-electron chi connectivity index (χ3n) is 2.36. The summed E-state index contributed by atoms with van der Waals surface area (Å²) in [5, 5.41) is 0. The third kappa shape index (κ3) is 6.60. The van der Waals surface area contributed by atoms with Gasteiger partial charge < -0.3 is 4.80 Å². The lowest BCUT2D eigenvalue weighted by Crippen LogP contribution is -2.38. The molecule has 0 aromatic heterocycles. The molecule has 0 unspecified atom stereocenters. The standard InChI is InChI=1S/C12H28OSi/c1-10(2)7-14(13,8-11(3)4)9-12(5)6/h10-13H,7-9H2,1-6H3. The highest BCUT2D eigenvalue weighted by atomic mass is 28.4. The van der Waals surface area contributed by atoms with Crippen molar-refractivity contribution in [1.29, 1.82) is 0 Å². The van der Waals surface area contributed by atoms with Crippen molar-refractivity contribution in [3.63, 3.8) is 0 Å². The molecule has 0 radical (unpaired) electrons. The first-order valence-corrected chi connectivity index (χ1v) is 8.54. The molecule has 0 aliphatic rings. The van der Waals surface area contributed by atoms with Gasteiger partial charge in [-0.2, -0.15) is 0 Å². The molecule has 1 nitrogen and oxygen atoms in total. The van der Waals surface area contributed by atoms with Crippen molar-refractivity contribution in [2.75, 3.05) is 0 Å². The van der Waals surface area contributed by atoms with Gasteiger partial charge in [0.25, 0.3) is 0 Å². The van der Waals surface area contributed by atoms with Gasteiger partial charge >= 0.3 is 0 Å². The van der Waals surface area contributed by atoms with Crippen molar-refractivity contribution in [3.8, 4) is 0 Å². The van der Waals surface area contributed by atoms with Crippen molar-refractivity contribution in [1.82, 2.24) is 0 Å². The van der Waals surface area contributed by atoms with Gasteiger partial charge in [0.05, 0.1) is 0 Å². The zero-order chi connectivity index (χ0) is 11.4. The normalized spacial score (nSPS) is 13.3. The molecule has 0 aliphatic carbocycles. The van der Waals surface area contributed by atoms with E-state index < -0.39 is 8.32 Å². The van der Waals surface area contributed by atoms with Gasteiger partial charge in [-0.25, -0.2) is 0 Å². The van der Waals surface area contributed by atoms with Gasteiger partial charge in [0.1, 0.15) is 0 Å². The van der Waals surface area contributed by atoms with Crippen LogP contribution in [0.3, 0.4) is 0 Å². The fourth-order valence-electron chi connectivity index (χ4n) is 2.53. The van der Waals surface area contributed by atoms with E-state index >= 15 is 0 Å². The zero-order valence-corrected chi connectivity index (χ0v) is 11.8. The van der Waals surface area contributed by atoms with E-state index in [4.69, 9.17) is 0 Å². The Morgan fingerprint density at radius 3 is 1.07 bits per heavy atom. The fraction of sp³-hybridized carbons (Fsp3) is 1.00. The van der Waals surface area contributed by atoms with Gasteiger partial charge in [-0.1, -0.05) is 41.5 Å². The largest absolute Gasteiger partial charge is 0.432 e. The van der Waals surface area contributed by atoms with Crippen LogP contribution in [0, 0.1) is 17.8 Å². The Balaban J connectivity index is 4.32. The maximum Gasteiger partial charge on any atom is 0.189 e. The predicted octanol–water partition coefficient (Wildman–Crippen LogP) is 3.89. The molecular formula is C12H28OSi. The maximum atomic E-state index is 10.7. The third-order valence-corrected chi connectivity index (χ3v) is 7.09. The first kappa shape index (κ1) is 14.2. The Morgan fingerprint density at radius 1 is 0.714 bits per heavy atom. The van der Waals surface area contributed by atoms with Crippen LogP contribution in [0.4, 0.5) is 0 Å². The van der Waals surface area contributed by atoms with Crippen LogP contribution in [0.15, 0.2) is 0 Å². The first-order valence-electron chi connectivity index (χ1n) is 5.97. The summed E-state index contributed by atoms with van der Waals surface area (Å²) in [6.07, 6.45) is 0. The second-order valence-electron chi connectivity index (χ2n) is 6.02. The summed E-state index contributed by atoms with van der Waals surface area (Å²) < 4.78 is 0. The minimum Gasteiger partial charge on any atom is -0.432 e. The van der Waals surface area contributed by atoms with Gasteiger partial charge in [0.2, 0.25) is 0 Å².